The molecule has 25 heavy (non-hydrogen) atoms. The normalized spacial score (nSPS) is 15.3. The Balaban J connectivity index is 1.48. The Morgan fingerprint density at radius 2 is 2.04 bits per heavy atom. The van der Waals surface area contributed by atoms with Crippen LogP contribution in [0.2, 0.25) is 0 Å². The molecule has 7 heteroatoms. The van der Waals surface area contributed by atoms with Gasteiger partial charge in [0, 0.05) is 26.2 Å². The van der Waals surface area contributed by atoms with Gasteiger partial charge in [0.05, 0.1) is 5.69 Å². The monoisotopic (exact) mass is 335 g/mol. The van der Waals surface area contributed by atoms with Crippen LogP contribution in [0.1, 0.15) is 13.3 Å². The predicted molar refractivity (Wildman–Crippen MR) is 97.8 cm³/mol. The van der Waals surface area contributed by atoms with E-state index in [1.165, 1.54) is 5.57 Å². The molecule has 3 aromatic rings. The number of fused-ring (bicyclic) bond motifs is 1. The smallest absolute Gasteiger partial charge is 0.188 e. The molecule has 0 saturated carbocycles. The quantitative estimate of drug-likeness (QED) is 0.721. The minimum Gasteiger partial charge on any atom is -0.367 e. The molecule has 2 aromatic heterocycles. The van der Waals surface area contributed by atoms with Gasteiger partial charge in [-0.1, -0.05) is 35.1 Å². The van der Waals surface area contributed by atoms with Crippen molar-refractivity contribution in [3.05, 3.63) is 48.3 Å². The molecular formula is C18H21N7. The number of anilines is 1. The summed E-state index contributed by atoms with van der Waals surface area (Å²) in [5.74, 6) is 0.732. The lowest BCUT2D eigenvalue weighted by Crippen LogP contribution is -2.32. The van der Waals surface area contributed by atoms with Crippen molar-refractivity contribution in [1.82, 2.24) is 29.9 Å². The molecule has 0 spiro atoms. The first kappa shape index (κ1) is 15.7. The second-order valence-electron chi connectivity index (χ2n) is 6.26. The number of hydrogen-bond acceptors (Lipinski definition) is 6. The highest BCUT2D eigenvalue weighted by atomic mass is 15.4. The zero-order valence-electron chi connectivity index (χ0n) is 14.3. The Bertz CT molecular complexity index is 885. The summed E-state index contributed by atoms with van der Waals surface area (Å²) in [4.78, 5) is 11.1. The first-order valence-corrected chi connectivity index (χ1v) is 8.55. The molecule has 0 bridgehead atoms. The lowest BCUT2D eigenvalue weighted by molar-refractivity contribution is 0.305. The summed E-state index contributed by atoms with van der Waals surface area (Å²) in [5, 5.41) is 11.9. The van der Waals surface area contributed by atoms with Gasteiger partial charge in [0.2, 0.25) is 0 Å². The Labute approximate surface area is 146 Å². The van der Waals surface area contributed by atoms with Crippen LogP contribution in [0.5, 0.6) is 0 Å². The summed E-state index contributed by atoms with van der Waals surface area (Å²) in [6.07, 6.45) is 5.02. The van der Waals surface area contributed by atoms with E-state index in [1.54, 1.807) is 11.0 Å². The zero-order valence-corrected chi connectivity index (χ0v) is 14.3. The van der Waals surface area contributed by atoms with Crippen molar-refractivity contribution in [3.8, 4) is 5.69 Å². The number of rotatable bonds is 5. The predicted octanol–water partition coefficient (Wildman–Crippen LogP) is 2.27. The van der Waals surface area contributed by atoms with Crippen molar-refractivity contribution in [2.24, 2.45) is 0 Å². The van der Waals surface area contributed by atoms with Gasteiger partial charge in [-0.15, -0.1) is 5.10 Å². The number of nitrogens with zero attached hydrogens (tertiary/aromatic N) is 6. The third kappa shape index (κ3) is 3.36. The summed E-state index contributed by atoms with van der Waals surface area (Å²) in [7, 11) is 0. The Kier molecular flexibility index (Phi) is 4.39. The molecule has 0 aliphatic carbocycles. The first-order chi connectivity index (χ1) is 12.3. The van der Waals surface area contributed by atoms with Crippen LogP contribution in [0.15, 0.2) is 48.3 Å². The molecule has 4 rings (SSSR count). The number of nitrogens with one attached hydrogen (secondary N) is 1. The molecule has 0 unspecified atom stereocenters. The summed E-state index contributed by atoms with van der Waals surface area (Å²) in [6, 6.07) is 9.88. The van der Waals surface area contributed by atoms with E-state index in [-0.39, 0.29) is 0 Å². The van der Waals surface area contributed by atoms with Crippen molar-refractivity contribution < 1.29 is 0 Å². The fourth-order valence-corrected chi connectivity index (χ4v) is 2.97. The van der Waals surface area contributed by atoms with E-state index in [0.29, 0.717) is 11.2 Å². The molecule has 0 saturated heterocycles. The fraction of sp³-hybridized carbons (Fsp3) is 0.333. The molecule has 0 amide bonds. The second-order valence-corrected chi connectivity index (χ2v) is 6.26. The Morgan fingerprint density at radius 3 is 2.84 bits per heavy atom. The van der Waals surface area contributed by atoms with Gasteiger partial charge in [-0.2, -0.15) is 4.68 Å². The molecule has 1 aliphatic rings. The van der Waals surface area contributed by atoms with Crippen LogP contribution in [0.25, 0.3) is 16.9 Å². The van der Waals surface area contributed by atoms with Crippen molar-refractivity contribution in [2.75, 3.05) is 31.5 Å². The molecule has 7 nitrogen and oxygen atoms in total. The van der Waals surface area contributed by atoms with Crippen LogP contribution in [-0.4, -0.2) is 56.0 Å². The number of para-hydroxylation sites is 1. The van der Waals surface area contributed by atoms with Crippen LogP contribution in [-0.2, 0) is 0 Å². The van der Waals surface area contributed by atoms with E-state index in [4.69, 9.17) is 0 Å². The Hall–Kier alpha value is -2.80. The van der Waals surface area contributed by atoms with E-state index in [0.717, 1.165) is 44.1 Å². The summed E-state index contributed by atoms with van der Waals surface area (Å²) in [5.41, 5.74) is 3.82. The lowest BCUT2D eigenvalue weighted by Gasteiger charge is -2.25. The van der Waals surface area contributed by atoms with Crippen molar-refractivity contribution in [1.29, 1.82) is 0 Å². The van der Waals surface area contributed by atoms with Crippen molar-refractivity contribution >= 4 is 17.0 Å². The van der Waals surface area contributed by atoms with Gasteiger partial charge in [-0.25, -0.2) is 9.97 Å². The van der Waals surface area contributed by atoms with Gasteiger partial charge in [0.25, 0.3) is 0 Å². The maximum Gasteiger partial charge on any atom is 0.188 e. The number of aromatic nitrogens is 5. The highest BCUT2D eigenvalue weighted by Crippen LogP contribution is 2.19. The van der Waals surface area contributed by atoms with E-state index >= 15 is 0 Å². The fourth-order valence-electron chi connectivity index (χ4n) is 2.97. The van der Waals surface area contributed by atoms with Crippen molar-refractivity contribution in [3.63, 3.8) is 0 Å². The van der Waals surface area contributed by atoms with Gasteiger partial charge in [-0.05, 0) is 25.5 Å². The minimum atomic E-state index is 0.695. The maximum atomic E-state index is 4.35. The van der Waals surface area contributed by atoms with Crippen molar-refractivity contribution in [2.45, 2.75) is 13.3 Å². The summed E-state index contributed by atoms with van der Waals surface area (Å²) in [6.45, 7) is 6.13. The summed E-state index contributed by atoms with van der Waals surface area (Å²) < 4.78 is 1.74. The average molecular weight is 335 g/mol. The number of benzene rings is 1. The van der Waals surface area contributed by atoms with E-state index in [2.05, 4.69) is 43.5 Å². The topological polar surface area (TPSA) is 71.8 Å². The van der Waals surface area contributed by atoms with Crippen LogP contribution in [0, 0.1) is 0 Å². The van der Waals surface area contributed by atoms with Gasteiger partial charge in [-0.3, -0.25) is 4.90 Å². The van der Waals surface area contributed by atoms with E-state index in [1.807, 2.05) is 30.3 Å². The third-order valence-corrected chi connectivity index (χ3v) is 4.48. The van der Waals surface area contributed by atoms with Gasteiger partial charge in [0.1, 0.15) is 6.33 Å². The molecular weight excluding hydrogens is 314 g/mol. The van der Waals surface area contributed by atoms with Crippen LogP contribution < -0.4 is 5.32 Å². The first-order valence-electron chi connectivity index (χ1n) is 8.55. The summed E-state index contributed by atoms with van der Waals surface area (Å²) >= 11 is 0. The highest BCUT2D eigenvalue weighted by molar-refractivity contribution is 5.82. The molecule has 0 radical (unpaired) electrons. The molecule has 128 valence electrons. The maximum absolute atomic E-state index is 4.35. The standard InChI is InChI=1S/C18H21N7/c1-14-7-10-24(11-8-14)12-9-19-17-16-18(21-13-20-17)25(23-22-16)15-5-3-2-4-6-15/h2-7,13H,8-12H2,1H3,(H,19,20,21). The molecule has 1 aromatic carbocycles. The Morgan fingerprint density at radius 1 is 1.16 bits per heavy atom. The highest BCUT2D eigenvalue weighted by Gasteiger charge is 2.13. The SMILES string of the molecule is CC1=CCN(CCNc2ncnc3c2nnn3-c2ccccc2)CC1. The lowest BCUT2D eigenvalue weighted by atomic mass is 10.1. The zero-order chi connectivity index (χ0) is 17.1. The number of hydrogen-bond donors (Lipinski definition) is 1. The van der Waals surface area contributed by atoms with Gasteiger partial charge < -0.3 is 5.32 Å². The third-order valence-electron chi connectivity index (χ3n) is 4.48. The van der Waals surface area contributed by atoms with E-state index < -0.39 is 0 Å². The van der Waals surface area contributed by atoms with Crippen LogP contribution >= 0.6 is 0 Å². The van der Waals surface area contributed by atoms with E-state index in [9.17, 15) is 0 Å². The minimum absolute atomic E-state index is 0.695. The second kappa shape index (κ2) is 6.98. The molecule has 1 aliphatic heterocycles. The largest absolute Gasteiger partial charge is 0.367 e. The average Bonchev–Trinajstić information content (AvgIpc) is 3.09. The van der Waals surface area contributed by atoms with Crippen LogP contribution in [0.3, 0.4) is 0 Å². The van der Waals surface area contributed by atoms with Gasteiger partial charge in [0.15, 0.2) is 17.0 Å². The molecule has 3 heterocycles. The molecule has 0 atom stereocenters. The molecule has 0 fully saturated rings. The van der Waals surface area contributed by atoms with Gasteiger partial charge >= 0.3 is 0 Å². The molecule has 1 N–H and O–H groups in total. The van der Waals surface area contributed by atoms with Crippen LogP contribution in [0.4, 0.5) is 5.82 Å².